The third-order valence-corrected chi connectivity index (χ3v) is 3.64. The van der Waals surface area contributed by atoms with Gasteiger partial charge in [0.15, 0.2) is 0 Å². The smallest absolute Gasteiger partial charge is 0.313 e. The number of esters is 1. The molecule has 1 rings (SSSR count). The lowest BCUT2D eigenvalue weighted by Crippen LogP contribution is -2.36. The van der Waals surface area contributed by atoms with E-state index in [0.29, 0.717) is 0 Å². The normalized spacial score (nSPS) is 12.8. The minimum absolute atomic E-state index is 0. The van der Waals surface area contributed by atoms with E-state index in [0.717, 1.165) is 4.88 Å². The molecule has 0 unspecified atom stereocenters. The van der Waals surface area contributed by atoms with Gasteiger partial charge in [0.05, 0.1) is 18.6 Å². The first-order valence-electron chi connectivity index (χ1n) is 4.80. The molecule has 0 aliphatic heterocycles. The van der Waals surface area contributed by atoms with E-state index in [1.807, 2.05) is 19.1 Å². The summed E-state index contributed by atoms with van der Waals surface area (Å²) < 4.78 is 4.75. The summed E-state index contributed by atoms with van der Waals surface area (Å²) in [6.07, 6.45) is 0. The van der Waals surface area contributed by atoms with Crippen LogP contribution in [-0.2, 0) is 9.53 Å². The molecular weight excluding hydrogens is 246 g/mol. The predicted octanol–water partition coefficient (Wildman–Crippen LogP) is 2.68. The molecule has 16 heavy (non-hydrogen) atoms. The van der Waals surface area contributed by atoms with Crippen LogP contribution in [0.5, 0.6) is 0 Å². The highest BCUT2D eigenvalue weighted by atomic mass is 35.5. The van der Waals surface area contributed by atoms with Crippen LogP contribution in [-0.4, -0.2) is 13.1 Å². The van der Waals surface area contributed by atoms with Gasteiger partial charge < -0.3 is 10.5 Å². The maximum atomic E-state index is 11.6. The van der Waals surface area contributed by atoms with Gasteiger partial charge in [0, 0.05) is 9.75 Å². The van der Waals surface area contributed by atoms with Gasteiger partial charge in [-0.1, -0.05) is 0 Å². The summed E-state index contributed by atoms with van der Waals surface area (Å²) in [5.74, 6) is -0.277. The SMILES string of the molecule is COC(=O)C(C)(C)[C@@H](N)c1ccc(C)s1.Cl. The van der Waals surface area contributed by atoms with Crippen molar-refractivity contribution in [1.29, 1.82) is 0 Å². The minimum atomic E-state index is -0.688. The van der Waals surface area contributed by atoms with Gasteiger partial charge in [-0.3, -0.25) is 4.79 Å². The average molecular weight is 264 g/mol. The zero-order valence-corrected chi connectivity index (χ0v) is 11.6. The van der Waals surface area contributed by atoms with Crippen molar-refractivity contribution in [2.75, 3.05) is 7.11 Å². The summed E-state index contributed by atoms with van der Waals surface area (Å²) in [4.78, 5) is 13.8. The van der Waals surface area contributed by atoms with E-state index in [1.165, 1.54) is 12.0 Å². The number of aryl methyl sites for hydroxylation is 1. The van der Waals surface area contributed by atoms with Gasteiger partial charge in [-0.2, -0.15) is 0 Å². The second-order valence-corrected chi connectivity index (χ2v) is 5.46. The zero-order valence-electron chi connectivity index (χ0n) is 9.94. The van der Waals surface area contributed by atoms with Crippen LogP contribution in [0, 0.1) is 12.3 Å². The molecule has 1 aromatic heterocycles. The quantitative estimate of drug-likeness (QED) is 0.853. The number of hydrogen-bond acceptors (Lipinski definition) is 4. The first kappa shape index (κ1) is 15.4. The van der Waals surface area contributed by atoms with Crippen molar-refractivity contribution in [2.45, 2.75) is 26.8 Å². The van der Waals surface area contributed by atoms with Crippen LogP contribution >= 0.6 is 23.7 Å². The van der Waals surface area contributed by atoms with E-state index >= 15 is 0 Å². The minimum Gasteiger partial charge on any atom is -0.469 e. The number of thiophene rings is 1. The highest BCUT2D eigenvalue weighted by Crippen LogP contribution is 2.35. The second-order valence-electron chi connectivity index (χ2n) is 4.14. The molecule has 0 bridgehead atoms. The first-order valence-corrected chi connectivity index (χ1v) is 5.61. The molecule has 0 saturated heterocycles. The van der Waals surface area contributed by atoms with Gasteiger partial charge in [0.25, 0.3) is 0 Å². The van der Waals surface area contributed by atoms with Crippen molar-refractivity contribution in [3.8, 4) is 0 Å². The number of nitrogens with two attached hydrogens (primary N) is 1. The van der Waals surface area contributed by atoms with Crippen molar-refractivity contribution in [3.05, 3.63) is 21.9 Å². The Balaban J connectivity index is 0.00000225. The lowest BCUT2D eigenvalue weighted by atomic mass is 9.84. The Kier molecular flexibility index (Phi) is 5.46. The van der Waals surface area contributed by atoms with Crippen LogP contribution in [0.3, 0.4) is 0 Å². The van der Waals surface area contributed by atoms with Crippen LogP contribution in [0.25, 0.3) is 0 Å². The lowest BCUT2D eigenvalue weighted by molar-refractivity contribution is -0.152. The van der Waals surface area contributed by atoms with Crippen LogP contribution in [0.1, 0.15) is 29.6 Å². The van der Waals surface area contributed by atoms with E-state index in [-0.39, 0.29) is 24.4 Å². The van der Waals surface area contributed by atoms with E-state index in [2.05, 4.69) is 0 Å². The molecular formula is C11H18ClNO2S. The molecule has 0 spiro atoms. The molecule has 2 N–H and O–H groups in total. The largest absolute Gasteiger partial charge is 0.469 e. The highest BCUT2D eigenvalue weighted by molar-refractivity contribution is 7.12. The third-order valence-electron chi connectivity index (χ3n) is 2.56. The fourth-order valence-electron chi connectivity index (χ4n) is 1.37. The Bertz CT molecular complexity index is 363. The van der Waals surface area contributed by atoms with E-state index in [4.69, 9.17) is 10.5 Å². The average Bonchev–Trinajstić information content (AvgIpc) is 2.62. The summed E-state index contributed by atoms with van der Waals surface area (Å²) in [6, 6.07) is 3.66. The van der Waals surface area contributed by atoms with Crippen molar-refractivity contribution in [1.82, 2.24) is 0 Å². The second kappa shape index (κ2) is 5.66. The van der Waals surface area contributed by atoms with Gasteiger partial charge in [-0.15, -0.1) is 23.7 Å². The summed E-state index contributed by atoms with van der Waals surface area (Å²) in [5.41, 5.74) is 5.38. The van der Waals surface area contributed by atoms with E-state index in [9.17, 15) is 4.79 Å². The first-order chi connectivity index (χ1) is 6.89. The molecule has 0 saturated carbocycles. The Morgan fingerprint density at radius 3 is 2.44 bits per heavy atom. The maximum absolute atomic E-state index is 11.6. The molecule has 1 atom stereocenters. The fourth-order valence-corrected chi connectivity index (χ4v) is 2.43. The summed E-state index contributed by atoms with van der Waals surface area (Å²) in [7, 11) is 1.39. The zero-order chi connectivity index (χ0) is 11.6. The van der Waals surface area contributed by atoms with Gasteiger partial charge in [0.1, 0.15) is 0 Å². The van der Waals surface area contributed by atoms with Gasteiger partial charge in [0.2, 0.25) is 0 Å². The molecule has 0 amide bonds. The molecule has 92 valence electrons. The molecule has 0 radical (unpaired) electrons. The molecule has 0 fully saturated rings. The highest BCUT2D eigenvalue weighted by Gasteiger charge is 2.37. The fraction of sp³-hybridized carbons (Fsp3) is 0.545. The van der Waals surface area contributed by atoms with Crippen molar-refractivity contribution in [3.63, 3.8) is 0 Å². The van der Waals surface area contributed by atoms with Crippen LogP contribution in [0.2, 0.25) is 0 Å². The Labute approximate surface area is 106 Å². The number of ether oxygens (including phenoxy) is 1. The van der Waals surface area contributed by atoms with Crippen LogP contribution in [0.4, 0.5) is 0 Å². The molecule has 5 heteroatoms. The Morgan fingerprint density at radius 2 is 2.06 bits per heavy atom. The Hall–Kier alpha value is -0.580. The van der Waals surface area contributed by atoms with Gasteiger partial charge >= 0.3 is 5.97 Å². The van der Waals surface area contributed by atoms with Gasteiger partial charge in [-0.05, 0) is 32.9 Å². The predicted molar refractivity (Wildman–Crippen MR) is 69.0 cm³/mol. The van der Waals surface area contributed by atoms with Crippen molar-refractivity contribution >= 4 is 29.7 Å². The standard InChI is InChI=1S/C11H17NO2S.ClH/c1-7-5-6-8(15-7)9(12)11(2,3)10(13)14-4;/h5-6,9H,12H2,1-4H3;1H/t9-;/m0./s1. The summed E-state index contributed by atoms with van der Waals surface area (Å²) in [6.45, 7) is 5.63. The molecule has 3 nitrogen and oxygen atoms in total. The van der Waals surface area contributed by atoms with Crippen LogP contribution < -0.4 is 5.73 Å². The molecule has 0 aliphatic rings. The number of carbonyl (C=O) groups excluding carboxylic acids is 1. The van der Waals surface area contributed by atoms with Crippen LogP contribution in [0.15, 0.2) is 12.1 Å². The van der Waals surface area contributed by atoms with Gasteiger partial charge in [-0.25, -0.2) is 0 Å². The third kappa shape index (κ3) is 2.97. The Morgan fingerprint density at radius 1 is 1.50 bits per heavy atom. The number of hydrogen-bond donors (Lipinski definition) is 1. The molecule has 0 aliphatic carbocycles. The molecule has 1 aromatic rings. The summed E-state index contributed by atoms with van der Waals surface area (Å²) in [5, 5.41) is 0. The van der Waals surface area contributed by atoms with Crippen molar-refractivity contribution < 1.29 is 9.53 Å². The summed E-state index contributed by atoms with van der Waals surface area (Å²) >= 11 is 1.62. The van der Waals surface area contributed by atoms with Crippen molar-refractivity contribution in [2.24, 2.45) is 11.1 Å². The maximum Gasteiger partial charge on any atom is 0.313 e. The number of halogens is 1. The lowest BCUT2D eigenvalue weighted by Gasteiger charge is -2.27. The van der Waals surface area contributed by atoms with E-state index < -0.39 is 5.41 Å². The number of carbonyl (C=O) groups is 1. The topological polar surface area (TPSA) is 52.3 Å². The monoisotopic (exact) mass is 263 g/mol. The molecule has 0 aromatic carbocycles. The number of methoxy groups -OCH3 is 1. The number of rotatable bonds is 3. The molecule has 1 heterocycles. The van der Waals surface area contributed by atoms with E-state index in [1.54, 1.807) is 25.2 Å².